The average Bonchev–Trinajstić information content (AvgIpc) is 2.94. The van der Waals surface area contributed by atoms with Crippen molar-refractivity contribution in [3.63, 3.8) is 0 Å². The second kappa shape index (κ2) is 6.57. The predicted octanol–water partition coefficient (Wildman–Crippen LogP) is 2.27. The van der Waals surface area contributed by atoms with Gasteiger partial charge in [-0.2, -0.15) is 0 Å². The molecule has 4 nitrogen and oxygen atoms in total. The van der Waals surface area contributed by atoms with E-state index in [9.17, 15) is 4.79 Å². The maximum Gasteiger partial charge on any atom is 0.251 e. The minimum absolute atomic E-state index is 0.0220. The fraction of sp³-hybridized carbons (Fsp3) is 0.533. The molecule has 0 bridgehead atoms. The molecular weight excluding hydrogens is 240 g/mol. The van der Waals surface area contributed by atoms with Crippen LogP contribution >= 0.6 is 0 Å². The second-order valence-corrected chi connectivity index (χ2v) is 4.99. The molecule has 0 aromatic heterocycles. The van der Waals surface area contributed by atoms with Gasteiger partial charge in [-0.25, -0.2) is 0 Å². The maximum atomic E-state index is 11.6. The normalized spacial score (nSPS) is 20.0. The number of hydrogen-bond acceptors (Lipinski definition) is 3. The van der Waals surface area contributed by atoms with Crippen LogP contribution in [0.3, 0.4) is 0 Å². The fourth-order valence-corrected chi connectivity index (χ4v) is 2.31. The lowest BCUT2D eigenvalue weighted by Crippen LogP contribution is -2.26. The van der Waals surface area contributed by atoms with Gasteiger partial charge >= 0.3 is 0 Å². The van der Waals surface area contributed by atoms with Crippen molar-refractivity contribution in [1.29, 1.82) is 0 Å². The van der Waals surface area contributed by atoms with Gasteiger partial charge in [0.1, 0.15) is 0 Å². The van der Waals surface area contributed by atoms with E-state index in [1.165, 1.54) is 0 Å². The summed E-state index contributed by atoms with van der Waals surface area (Å²) in [6, 6.07) is 8.00. The van der Waals surface area contributed by atoms with Gasteiger partial charge < -0.3 is 15.4 Å². The van der Waals surface area contributed by atoms with Crippen LogP contribution in [0, 0.1) is 5.92 Å². The summed E-state index contributed by atoms with van der Waals surface area (Å²) in [5, 5.41) is 6.26. The van der Waals surface area contributed by atoms with Gasteiger partial charge in [0.15, 0.2) is 0 Å². The summed E-state index contributed by atoms with van der Waals surface area (Å²) in [4.78, 5) is 11.6. The molecule has 2 unspecified atom stereocenters. The van der Waals surface area contributed by atoms with Crippen molar-refractivity contribution < 1.29 is 9.53 Å². The molecule has 0 radical (unpaired) electrons. The first-order valence-corrected chi connectivity index (χ1v) is 6.93. The zero-order chi connectivity index (χ0) is 13.7. The number of carbonyl (C=O) groups excluding carboxylic acids is 1. The van der Waals surface area contributed by atoms with Crippen molar-refractivity contribution >= 4 is 11.6 Å². The molecular formula is C15H22N2O2. The number of anilines is 1. The first-order chi connectivity index (χ1) is 9.20. The van der Waals surface area contributed by atoms with Gasteiger partial charge in [-0.15, -0.1) is 0 Å². The highest BCUT2D eigenvalue weighted by molar-refractivity contribution is 5.94. The van der Waals surface area contributed by atoms with Gasteiger partial charge in [-0.3, -0.25) is 4.79 Å². The number of ether oxygens (including phenoxy) is 1. The molecule has 2 N–H and O–H groups in total. The Labute approximate surface area is 114 Å². The summed E-state index contributed by atoms with van der Waals surface area (Å²) in [6.07, 6.45) is 1.12. The zero-order valence-electron chi connectivity index (χ0n) is 11.6. The van der Waals surface area contributed by atoms with Crippen LogP contribution in [-0.2, 0) is 4.74 Å². The van der Waals surface area contributed by atoms with E-state index in [1.54, 1.807) is 0 Å². The lowest BCUT2D eigenvalue weighted by atomic mass is 10.0. The second-order valence-electron chi connectivity index (χ2n) is 4.99. The van der Waals surface area contributed by atoms with E-state index in [2.05, 4.69) is 17.6 Å². The van der Waals surface area contributed by atoms with E-state index in [0.717, 1.165) is 25.3 Å². The average molecular weight is 262 g/mol. The molecule has 1 fully saturated rings. The van der Waals surface area contributed by atoms with Crippen molar-refractivity contribution in [1.82, 2.24) is 5.32 Å². The molecule has 4 heteroatoms. The number of amides is 1. The largest absolute Gasteiger partial charge is 0.382 e. The van der Waals surface area contributed by atoms with E-state index in [1.807, 2.05) is 31.2 Å². The number of carbonyl (C=O) groups is 1. The molecule has 0 spiro atoms. The summed E-state index contributed by atoms with van der Waals surface area (Å²) in [7, 11) is 0. The first kappa shape index (κ1) is 13.9. The van der Waals surface area contributed by atoms with Gasteiger partial charge in [0, 0.05) is 36.4 Å². The Balaban J connectivity index is 1.92. The van der Waals surface area contributed by atoms with Crippen LogP contribution in [0.2, 0.25) is 0 Å². The maximum absolute atomic E-state index is 11.6. The molecule has 0 aliphatic carbocycles. The molecule has 2 atom stereocenters. The van der Waals surface area contributed by atoms with Crippen molar-refractivity contribution in [2.45, 2.75) is 26.3 Å². The highest BCUT2D eigenvalue weighted by atomic mass is 16.5. The Morgan fingerprint density at radius 3 is 2.74 bits per heavy atom. The fourth-order valence-electron chi connectivity index (χ4n) is 2.31. The van der Waals surface area contributed by atoms with Crippen molar-refractivity contribution in [2.75, 3.05) is 25.1 Å². The molecule has 1 saturated heterocycles. The third-order valence-electron chi connectivity index (χ3n) is 3.55. The standard InChI is InChI=1S/C15H22N2O2/c1-3-16-15(18)12-4-6-14(7-5-12)17-11(2)13-8-9-19-10-13/h4-7,11,13,17H,3,8-10H2,1-2H3,(H,16,18). The van der Waals surface area contributed by atoms with E-state index in [4.69, 9.17) is 4.74 Å². The summed E-state index contributed by atoms with van der Waals surface area (Å²) < 4.78 is 5.40. The van der Waals surface area contributed by atoms with E-state index >= 15 is 0 Å². The van der Waals surface area contributed by atoms with Gasteiger partial charge in [0.05, 0.1) is 6.61 Å². The highest BCUT2D eigenvalue weighted by Crippen LogP contribution is 2.20. The lowest BCUT2D eigenvalue weighted by molar-refractivity contribution is 0.0956. The molecule has 0 saturated carbocycles. The predicted molar refractivity (Wildman–Crippen MR) is 76.5 cm³/mol. The Kier molecular flexibility index (Phi) is 4.80. The number of rotatable bonds is 5. The minimum atomic E-state index is -0.0220. The van der Waals surface area contributed by atoms with E-state index < -0.39 is 0 Å². The Morgan fingerprint density at radius 1 is 1.42 bits per heavy atom. The van der Waals surface area contributed by atoms with Gasteiger partial charge in [-0.1, -0.05) is 0 Å². The third kappa shape index (κ3) is 3.70. The van der Waals surface area contributed by atoms with Crippen LogP contribution in [-0.4, -0.2) is 31.7 Å². The molecule has 1 amide bonds. The number of hydrogen-bond donors (Lipinski definition) is 2. The van der Waals surface area contributed by atoms with Gasteiger partial charge in [-0.05, 0) is 44.5 Å². The van der Waals surface area contributed by atoms with Crippen LogP contribution in [0.4, 0.5) is 5.69 Å². The Bertz CT molecular complexity index is 411. The molecule has 1 aromatic rings. The third-order valence-corrected chi connectivity index (χ3v) is 3.55. The van der Waals surface area contributed by atoms with Gasteiger partial charge in [0.2, 0.25) is 0 Å². The molecule has 19 heavy (non-hydrogen) atoms. The van der Waals surface area contributed by atoms with Crippen LogP contribution in [0.1, 0.15) is 30.6 Å². The molecule has 104 valence electrons. The van der Waals surface area contributed by atoms with E-state index in [0.29, 0.717) is 24.1 Å². The molecule has 1 aromatic carbocycles. The Morgan fingerprint density at radius 2 is 2.16 bits per heavy atom. The number of nitrogens with one attached hydrogen (secondary N) is 2. The summed E-state index contributed by atoms with van der Waals surface area (Å²) >= 11 is 0. The van der Waals surface area contributed by atoms with Crippen molar-refractivity contribution in [3.8, 4) is 0 Å². The molecule has 1 aliphatic rings. The summed E-state index contributed by atoms with van der Waals surface area (Å²) in [5.74, 6) is 0.550. The molecule has 2 rings (SSSR count). The van der Waals surface area contributed by atoms with Crippen LogP contribution < -0.4 is 10.6 Å². The topological polar surface area (TPSA) is 50.4 Å². The van der Waals surface area contributed by atoms with Crippen molar-refractivity contribution in [3.05, 3.63) is 29.8 Å². The Hall–Kier alpha value is -1.55. The van der Waals surface area contributed by atoms with E-state index in [-0.39, 0.29) is 5.91 Å². The SMILES string of the molecule is CCNC(=O)c1ccc(NC(C)C2CCOC2)cc1. The smallest absolute Gasteiger partial charge is 0.251 e. The minimum Gasteiger partial charge on any atom is -0.382 e. The molecule has 1 heterocycles. The van der Waals surface area contributed by atoms with Crippen LogP contribution in [0.15, 0.2) is 24.3 Å². The summed E-state index contributed by atoms with van der Waals surface area (Å²) in [5.41, 5.74) is 1.75. The van der Waals surface area contributed by atoms with Crippen LogP contribution in [0.5, 0.6) is 0 Å². The monoisotopic (exact) mass is 262 g/mol. The quantitative estimate of drug-likeness (QED) is 0.856. The van der Waals surface area contributed by atoms with Gasteiger partial charge in [0.25, 0.3) is 5.91 Å². The summed E-state index contributed by atoms with van der Waals surface area (Å²) in [6.45, 7) is 6.45. The van der Waals surface area contributed by atoms with Crippen LogP contribution in [0.25, 0.3) is 0 Å². The highest BCUT2D eigenvalue weighted by Gasteiger charge is 2.21. The molecule has 1 aliphatic heterocycles. The lowest BCUT2D eigenvalue weighted by Gasteiger charge is -2.20. The zero-order valence-corrected chi connectivity index (χ0v) is 11.6. The van der Waals surface area contributed by atoms with Crippen molar-refractivity contribution in [2.24, 2.45) is 5.92 Å². The number of benzene rings is 1. The first-order valence-electron chi connectivity index (χ1n) is 6.93.